The summed E-state index contributed by atoms with van der Waals surface area (Å²) in [7, 11) is 0. The van der Waals surface area contributed by atoms with Crippen LogP contribution in [-0.2, 0) is 10.1 Å². The maximum absolute atomic E-state index is 6.33. The number of morpholine rings is 1. The average molecular weight is 319 g/mol. The molecule has 0 bridgehead atoms. The van der Waals surface area contributed by atoms with E-state index in [0.29, 0.717) is 0 Å². The molecule has 0 aromatic heterocycles. The highest BCUT2D eigenvalue weighted by atomic mass is 79.9. The number of hydrogen-bond acceptors (Lipinski definition) is 2. The Morgan fingerprint density at radius 1 is 1.47 bits per heavy atom. The Bertz CT molecular complexity index is 408. The van der Waals surface area contributed by atoms with Crippen molar-refractivity contribution in [2.75, 3.05) is 24.6 Å². The summed E-state index contributed by atoms with van der Waals surface area (Å²) in [5.41, 5.74) is 2.26. The van der Waals surface area contributed by atoms with E-state index in [1.165, 1.54) is 5.56 Å². The van der Waals surface area contributed by atoms with Crippen molar-refractivity contribution in [3.05, 3.63) is 28.8 Å². The second-order valence-corrected chi connectivity index (χ2v) is 5.88. The molecule has 94 valence electrons. The van der Waals surface area contributed by atoms with Crippen LogP contribution in [-0.4, -0.2) is 25.3 Å². The van der Waals surface area contributed by atoms with Crippen molar-refractivity contribution in [2.24, 2.45) is 0 Å². The van der Waals surface area contributed by atoms with E-state index in [4.69, 9.17) is 16.3 Å². The second-order valence-electron chi connectivity index (χ2n) is 4.91. The van der Waals surface area contributed by atoms with Crippen molar-refractivity contribution in [1.82, 2.24) is 0 Å². The zero-order valence-electron chi connectivity index (χ0n) is 10.2. The number of ether oxygens (including phenoxy) is 1. The maximum Gasteiger partial charge on any atom is 0.0801 e. The molecule has 0 N–H and O–H groups in total. The molecule has 2 nitrogen and oxygen atoms in total. The van der Waals surface area contributed by atoms with Crippen LogP contribution in [0.1, 0.15) is 19.4 Å². The van der Waals surface area contributed by atoms with Gasteiger partial charge in [0, 0.05) is 18.4 Å². The average Bonchev–Trinajstić information content (AvgIpc) is 2.27. The lowest BCUT2D eigenvalue weighted by molar-refractivity contribution is -0.0277. The Hall–Kier alpha value is -0.250. The molecule has 17 heavy (non-hydrogen) atoms. The highest BCUT2D eigenvalue weighted by Crippen LogP contribution is 2.33. The van der Waals surface area contributed by atoms with Gasteiger partial charge in [-0.25, -0.2) is 0 Å². The van der Waals surface area contributed by atoms with Crippen LogP contribution in [0.2, 0.25) is 5.02 Å². The van der Waals surface area contributed by atoms with Crippen LogP contribution in [0.3, 0.4) is 0 Å². The summed E-state index contributed by atoms with van der Waals surface area (Å²) in [5.74, 6) is 0. The number of hydrogen-bond donors (Lipinski definition) is 0. The van der Waals surface area contributed by atoms with E-state index in [0.717, 1.165) is 35.7 Å². The third-order valence-electron chi connectivity index (χ3n) is 2.96. The molecule has 1 aliphatic heterocycles. The summed E-state index contributed by atoms with van der Waals surface area (Å²) < 4.78 is 5.73. The maximum atomic E-state index is 6.33. The first-order chi connectivity index (χ1) is 8.03. The molecular weight excluding hydrogens is 302 g/mol. The summed E-state index contributed by atoms with van der Waals surface area (Å²) in [6.45, 7) is 6.75. The van der Waals surface area contributed by atoms with Crippen LogP contribution in [0.5, 0.6) is 0 Å². The molecular formula is C13H17BrClNO. The van der Waals surface area contributed by atoms with Crippen LogP contribution < -0.4 is 4.90 Å². The molecule has 0 radical (unpaired) electrons. The Labute approximate surface area is 116 Å². The number of para-hydroxylation sites is 1. The molecule has 1 heterocycles. The van der Waals surface area contributed by atoms with Gasteiger partial charge in [0.05, 0.1) is 22.9 Å². The number of benzene rings is 1. The minimum absolute atomic E-state index is 0.110. The van der Waals surface area contributed by atoms with Crippen molar-refractivity contribution in [3.8, 4) is 0 Å². The fourth-order valence-electron chi connectivity index (χ4n) is 2.23. The van der Waals surface area contributed by atoms with Crippen molar-refractivity contribution >= 4 is 33.2 Å². The Balaban J connectivity index is 2.33. The van der Waals surface area contributed by atoms with E-state index in [9.17, 15) is 0 Å². The quantitative estimate of drug-likeness (QED) is 0.768. The van der Waals surface area contributed by atoms with Gasteiger partial charge in [0.15, 0.2) is 0 Å². The molecule has 1 fully saturated rings. The SMILES string of the molecule is CC1(C)CN(c2c(Cl)cccc2CBr)CCO1. The summed E-state index contributed by atoms with van der Waals surface area (Å²) >= 11 is 9.85. The lowest BCUT2D eigenvalue weighted by Crippen LogP contribution is -2.48. The van der Waals surface area contributed by atoms with E-state index in [-0.39, 0.29) is 5.60 Å². The standard InChI is InChI=1S/C13H17BrClNO/c1-13(2)9-16(6-7-17-13)12-10(8-14)4-3-5-11(12)15/h3-5H,6-9H2,1-2H3. The highest BCUT2D eigenvalue weighted by Gasteiger charge is 2.29. The summed E-state index contributed by atoms with van der Waals surface area (Å²) in [5, 5.41) is 1.64. The first kappa shape index (κ1) is 13.2. The number of rotatable bonds is 2. The van der Waals surface area contributed by atoms with Crippen molar-refractivity contribution < 1.29 is 4.74 Å². The van der Waals surface area contributed by atoms with Gasteiger partial charge in [0.25, 0.3) is 0 Å². The second kappa shape index (κ2) is 5.17. The fraction of sp³-hybridized carbons (Fsp3) is 0.538. The molecule has 0 unspecified atom stereocenters. The van der Waals surface area contributed by atoms with E-state index in [1.54, 1.807) is 0 Å². The molecule has 1 aliphatic rings. The van der Waals surface area contributed by atoms with Crippen molar-refractivity contribution in [2.45, 2.75) is 24.8 Å². The molecule has 0 aliphatic carbocycles. The molecule has 4 heteroatoms. The van der Waals surface area contributed by atoms with Crippen LogP contribution in [0.15, 0.2) is 18.2 Å². The number of nitrogens with zero attached hydrogens (tertiary/aromatic N) is 1. The highest BCUT2D eigenvalue weighted by molar-refractivity contribution is 9.08. The monoisotopic (exact) mass is 317 g/mol. The lowest BCUT2D eigenvalue weighted by atomic mass is 10.1. The molecule has 0 saturated carbocycles. The Kier molecular flexibility index (Phi) is 4.01. The summed E-state index contributed by atoms with van der Waals surface area (Å²) in [6.07, 6.45) is 0. The first-order valence-corrected chi connectivity index (χ1v) is 7.26. The van der Waals surface area contributed by atoms with Crippen LogP contribution >= 0.6 is 27.5 Å². The zero-order chi connectivity index (χ0) is 12.5. The number of anilines is 1. The molecule has 0 spiro atoms. The molecule has 1 aromatic carbocycles. The largest absolute Gasteiger partial charge is 0.372 e. The van der Waals surface area contributed by atoms with Gasteiger partial charge in [-0.05, 0) is 25.5 Å². The summed E-state index contributed by atoms with van der Waals surface area (Å²) in [6, 6.07) is 6.05. The van der Waals surface area contributed by atoms with Gasteiger partial charge >= 0.3 is 0 Å². The van der Waals surface area contributed by atoms with Crippen LogP contribution in [0, 0.1) is 0 Å². The van der Waals surface area contributed by atoms with E-state index >= 15 is 0 Å². The predicted octanol–water partition coefficient (Wildman–Crippen LogP) is 3.85. The zero-order valence-corrected chi connectivity index (χ0v) is 12.5. The van der Waals surface area contributed by atoms with Gasteiger partial charge in [-0.3, -0.25) is 0 Å². The van der Waals surface area contributed by atoms with E-state index in [2.05, 4.69) is 40.7 Å². The lowest BCUT2D eigenvalue weighted by Gasteiger charge is -2.40. The third-order valence-corrected chi connectivity index (χ3v) is 3.87. The van der Waals surface area contributed by atoms with Crippen molar-refractivity contribution in [3.63, 3.8) is 0 Å². The molecule has 2 rings (SSSR count). The molecule has 0 amide bonds. The Morgan fingerprint density at radius 2 is 2.24 bits per heavy atom. The molecule has 1 aromatic rings. The van der Waals surface area contributed by atoms with Crippen LogP contribution in [0.4, 0.5) is 5.69 Å². The van der Waals surface area contributed by atoms with Gasteiger partial charge < -0.3 is 9.64 Å². The van der Waals surface area contributed by atoms with E-state index < -0.39 is 0 Å². The van der Waals surface area contributed by atoms with E-state index in [1.807, 2.05) is 12.1 Å². The Morgan fingerprint density at radius 3 is 2.88 bits per heavy atom. The predicted molar refractivity (Wildman–Crippen MR) is 76.3 cm³/mol. The smallest absolute Gasteiger partial charge is 0.0801 e. The van der Waals surface area contributed by atoms with Crippen molar-refractivity contribution in [1.29, 1.82) is 0 Å². The minimum Gasteiger partial charge on any atom is -0.372 e. The first-order valence-electron chi connectivity index (χ1n) is 5.76. The minimum atomic E-state index is -0.110. The normalized spacial score (nSPS) is 19.4. The van der Waals surface area contributed by atoms with Gasteiger partial charge in [-0.2, -0.15) is 0 Å². The van der Waals surface area contributed by atoms with Gasteiger partial charge in [-0.1, -0.05) is 39.7 Å². The third kappa shape index (κ3) is 2.95. The molecule has 0 atom stereocenters. The summed E-state index contributed by atoms with van der Waals surface area (Å²) in [4.78, 5) is 2.32. The van der Waals surface area contributed by atoms with Gasteiger partial charge in [0.2, 0.25) is 0 Å². The van der Waals surface area contributed by atoms with Gasteiger partial charge in [0.1, 0.15) is 0 Å². The van der Waals surface area contributed by atoms with Crippen LogP contribution in [0.25, 0.3) is 0 Å². The number of alkyl halides is 1. The molecule has 1 saturated heterocycles. The fourth-order valence-corrected chi connectivity index (χ4v) is 3.00. The number of halogens is 2. The topological polar surface area (TPSA) is 12.5 Å². The van der Waals surface area contributed by atoms with Gasteiger partial charge in [-0.15, -0.1) is 0 Å².